The predicted molar refractivity (Wildman–Crippen MR) is 218 cm³/mol. The molecular formula is C43H44N10O6. The van der Waals surface area contributed by atoms with Crippen molar-refractivity contribution in [2.45, 2.75) is 70.1 Å². The summed E-state index contributed by atoms with van der Waals surface area (Å²) in [4.78, 5) is 81.6. The highest BCUT2D eigenvalue weighted by Gasteiger charge is 2.43. The third-order valence-corrected chi connectivity index (χ3v) is 11.7. The number of anilines is 1. The fraction of sp³-hybridized carbons (Fsp3) is 0.349. The molecule has 302 valence electrons. The minimum Gasteiger partial charge on any atom is -0.453 e. The van der Waals surface area contributed by atoms with Crippen LogP contribution in [0.25, 0.3) is 44.6 Å². The Morgan fingerprint density at radius 3 is 2.44 bits per heavy atom. The highest BCUT2D eigenvalue weighted by Crippen LogP contribution is 2.45. The van der Waals surface area contributed by atoms with Gasteiger partial charge in [0, 0.05) is 24.1 Å². The zero-order valence-electron chi connectivity index (χ0n) is 33.1. The number of aromatic amines is 2. The lowest BCUT2D eigenvalue weighted by Gasteiger charge is -2.30. The van der Waals surface area contributed by atoms with Gasteiger partial charge in [-0.25, -0.2) is 24.5 Å². The van der Waals surface area contributed by atoms with Crippen LogP contribution in [0.5, 0.6) is 0 Å². The molecule has 0 spiro atoms. The maximum atomic E-state index is 14.0. The Hall–Kier alpha value is -6.84. The van der Waals surface area contributed by atoms with Gasteiger partial charge in [-0.3, -0.25) is 19.5 Å². The van der Waals surface area contributed by atoms with Crippen LogP contribution >= 0.6 is 0 Å². The smallest absolute Gasteiger partial charge is 0.407 e. The summed E-state index contributed by atoms with van der Waals surface area (Å²) in [6.45, 7) is 4.35. The normalized spacial score (nSPS) is 19.2. The second-order valence-corrected chi connectivity index (χ2v) is 15.6. The Morgan fingerprint density at radius 2 is 1.63 bits per heavy atom. The molecule has 0 unspecified atom stereocenters. The van der Waals surface area contributed by atoms with Gasteiger partial charge in [-0.2, -0.15) is 0 Å². The Morgan fingerprint density at radius 1 is 0.831 bits per heavy atom. The molecule has 6 heterocycles. The maximum absolute atomic E-state index is 14.0. The lowest BCUT2D eigenvalue weighted by molar-refractivity contribution is -0.135. The first-order valence-corrected chi connectivity index (χ1v) is 19.9. The number of fused-ring (bicyclic) bond motifs is 2. The molecule has 6 aromatic rings. The molecule has 3 aliphatic rings. The molecule has 0 saturated carbocycles. The number of carbonyl (C=O) groups excluding carboxylic acids is 4. The van der Waals surface area contributed by atoms with Crippen molar-refractivity contribution >= 4 is 51.8 Å². The quantitative estimate of drug-likeness (QED) is 0.144. The summed E-state index contributed by atoms with van der Waals surface area (Å²) in [5.74, 6) is 0.873. The number of rotatable bonds is 8. The number of carbonyl (C=O) groups is 4. The second-order valence-electron chi connectivity index (χ2n) is 15.6. The number of para-hydroxylation sites is 1. The van der Waals surface area contributed by atoms with E-state index in [1.54, 1.807) is 22.2 Å². The van der Waals surface area contributed by atoms with Crippen molar-refractivity contribution in [2.24, 2.45) is 5.92 Å². The highest BCUT2D eigenvalue weighted by molar-refractivity contribution is 6.02. The van der Waals surface area contributed by atoms with Gasteiger partial charge in [0.2, 0.25) is 11.8 Å². The summed E-state index contributed by atoms with van der Waals surface area (Å²) >= 11 is 0. The number of benzene rings is 3. The van der Waals surface area contributed by atoms with Gasteiger partial charge in [-0.1, -0.05) is 44.2 Å². The van der Waals surface area contributed by atoms with Crippen LogP contribution in [0.1, 0.15) is 68.0 Å². The van der Waals surface area contributed by atoms with Crippen LogP contribution in [0.3, 0.4) is 0 Å². The van der Waals surface area contributed by atoms with Gasteiger partial charge in [0.15, 0.2) is 0 Å². The van der Waals surface area contributed by atoms with E-state index in [9.17, 15) is 19.2 Å². The van der Waals surface area contributed by atoms with Gasteiger partial charge in [-0.15, -0.1) is 0 Å². The van der Waals surface area contributed by atoms with Crippen LogP contribution in [0.2, 0.25) is 0 Å². The van der Waals surface area contributed by atoms with E-state index in [0.29, 0.717) is 48.7 Å². The Balaban J connectivity index is 0.942. The van der Waals surface area contributed by atoms with E-state index in [2.05, 4.69) is 25.6 Å². The van der Waals surface area contributed by atoms with Crippen LogP contribution < -0.4 is 15.5 Å². The van der Waals surface area contributed by atoms with Crippen molar-refractivity contribution in [2.75, 3.05) is 25.7 Å². The molecule has 4 N–H and O–H groups in total. The molecule has 9 rings (SSSR count). The molecule has 0 radical (unpaired) electrons. The molecule has 4 amide bonds. The number of amides is 4. The summed E-state index contributed by atoms with van der Waals surface area (Å²) in [5.41, 5.74) is 9.24. The number of ether oxygens (including phenoxy) is 2. The van der Waals surface area contributed by atoms with Gasteiger partial charge in [-0.05, 0) is 67.0 Å². The summed E-state index contributed by atoms with van der Waals surface area (Å²) in [5, 5.41) is 5.42. The molecule has 0 aliphatic carbocycles. The van der Waals surface area contributed by atoms with Crippen molar-refractivity contribution in [3.63, 3.8) is 0 Å². The van der Waals surface area contributed by atoms with Crippen molar-refractivity contribution in [3.8, 4) is 22.5 Å². The van der Waals surface area contributed by atoms with Crippen molar-refractivity contribution in [3.05, 3.63) is 89.8 Å². The van der Waals surface area contributed by atoms with Gasteiger partial charge >= 0.3 is 12.2 Å². The number of aryl methyl sites for hydroxylation is 1. The van der Waals surface area contributed by atoms with Gasteiger partial charge in [0.25, 0.3) is 0 Å². The minimum absolute atomic E-state index is 0.124. The van der Waals surface area contributed by atoms with Crippen molar-refractivity contribution in [1.29, 1.82) is 0 Å². The first-order valence-electron chi connectivity index (χ1n) is 19.9. The van der Waals surface area contributed by atoms with Gasteiger partial charge in [0.1, 0.15) is 23.7 Å². The van der Waals surface area contributed by atoms with Crippen molar-refractivity contribution in [1.82, 2.24) is 45.4 Å². The monoisotopic (exact) mass is 796 g/mol. The van der Waals surface area contributed by atoms with Crippen LogP contribution in [0, 0.1) is 5.92 Å². The number of hydrogen-bond acceptors (Lipinski definition) is 10. The SMILES string of the molecule is COC(=O)N[C@H]1CCc2cccc3c2N(C1=O)[C@H](c1nc2ccc(-c4cnc5cc(-c6cnc([C@@H]7CCCN7C(=O)[C@@H](NC(=O)OC)C(C)C)[nH]6)ccc5n4)cc2[nH]1)C3. The number of alkyl carbamates (subject to hydrolysis) is 2. The van der Waals surface area contributed by atoms with E-state index in [4.69, 9.17) is 24.4 Å². The zero-order chi connectivity index (χ0) is 40.9. The zero-order valence-corrected chi connectivity index (χ0v) is 33.1. The second kappa shape index (κ2) is 15.2. The minimum atomic E-state index is -0.721. The lowest BCUT2D eigenvalue weighted by Crippen LogP contribution is -2.51. The highest BCUT2D eigenvalue weighted by atomic mass is 16.5. The fourth-order valence-electron chi connectivity index (χ4n) is 8.69. The molecule has 3 aliphatic heterocycles. The molecule has 1 saturated heterocycles. The summed E-state index contributed by atoms with van der Waals surface area (Å²) in [7, 11) is 2.57. The molecule has 0 bridgehead atoms. The number of methoxy groups -OCH3 is 2. The van der Waals surface area contributed by atoms with E-state index in [1.807, 2.05) is 68.4 Å². The molecule has 16 heteroatoms. The molecular weight excluding hydrogens is 753 g/mol. The topological polar surface area (TPSA) is 200 Å². The Labute approximate surface area is 339 Å². The molecule has 3 aromatic carbocycles. The number of nitrogens with zero attached hydrogens (tertiary/aromatic N) is 6. The molecule has 3 aromatic heterocycles. The van der Waals surface area contributed by atoms with Crippen LogP contribution in [-0.4, -0.2) is 91.7 Å². The van der Waals surface area contributed by atoms with Gasteiger partial charge < -0.3 is 35.0 Å². The van der Waals surface area contributed by atoms with E-state index < -0.39 is 24.3 Å². The van der Waals surface area contributed by atoms with Crippen LogP contribution in [0.4, 0.5) is 15.3 Å². The Kier molecular flexibility index (Phi) is 9.69. The largest absolute Gasteiger partial charge is 0.453 e. The van der Waals surface area contributed by atoms with E-state index in [1.165, 1.54) is 14.2 Å². The van der Waals surface area contributed by atoms with E-state index in [-0.39, 0.29) is 29.8 Å². The number of imidazole rings is 2. The third kappa shape index (κ3) is 6.87. The number of nitrogens with one attached hydrogen (secondary N) is 4. The average molecular weight is 797 g/mol. The predicted octanol–water partition coefficient (Wildman–Crippen LogP) is 5.91. The molecule has 59 heavy (non-hydrogen) atoms. The average Bonchev–Trinajstić information content (AvgIpc) is 4.07. The van der Waals surface area contributed by atoms with Crippen LogP contribution in [0.15, 0.2) is 67.0 Å². The first-order chi connectivity index (χ1) is 28.6. The summed E-state index contributed by atoms with van der Waals surface area (Å²) in [6.07, 6.45) is 5.53. The summed E-state index contributed by atoms with van der Waals surface area (Å²) < 4.78 is 9.58. The van der Waals surface area contributed by atoms with Crippen LogP contribution in [-0.2, 0) is 31.9 Å². The number of hydrogen-bond donors (Lipinski definition) is 4. The lowest BCUT2D eigenvalue weighted by atomic mass is 10.0. The molecule has 1 fully saturated rings. The number of H-pyrrole nitrogens is 2. The fourth-order valence-corrected chi connectivity index (χ4v) is 8.69. The standard InChI is InChI=1S/C43H44N10O6/c1-22(2)36(51-43(57)59-4)41(55)52-16-6-9-34(52)38-45-21-33(49-38)24-11-13-27-30(17-24)44-20-32(46-27)25-12-14-28-31(18-25)48-39(47-28)35-19-26-8-5-7-23-10-15-29(50-42(56)58-3)40(54)53(35)37(23)26/h5,7-8,11-14,17-18,20-22,29,34-36H,6,9-10,15-16,19H2,1-4H3,(H,45,49)(H,47,48)(H,50,56)(H,51,57)/t29-,34-,35-,36-/m0/s1. The third-order valence-electron chi connectivity index (χ3n) is 11.7. The van der Waals surface area contributed by atoms with Gasteiger partial charge in [0.05, 0.1) is 77.8 Å². The molecule has 16 nitrogen and oxygen atoms in total. The number of likely N-dealkylation sites (tertiary alicyclic amines) is 1. The van der Waals surface area contributed by atoms with Crippen molar-refractivity contribution < 1.29 is 28.7 Å². The molecule has 4 atom stereocenters. The maximum Gasteiger partial charge on any atom is 0.407 e. The number of aromatic nitrogens is 6. The Bertz CT molecular complexity index is 2640. The van der Waals surface area contributed by atoms with E-state index >= 15 is 0 Å². The first kappa shape index (κ1) is 37.7. The van der Waals surface area contributed by atoms with E-state index in [0.717, 1.165) is 63.0 Å². The summed E-state index contributed by atoms with van der Waals surface area (Å²) in [6, 6.07) is 15.8.